The largest absolute Gasteiger partial charge is 0.496 e. The number of hydrogen-bond acceptors (Lipinski definition) is 3. The standard InChI is InChI=1S/C13H14F2O3/c1-8-4-5-11(18-3)9(6-8)10(16)7-12(17)13(2,14)15/h4-6H,7H2,1-3H3. The highest BCUT2D eigenvalue weighted by atomic mass is 19.3. The number of carbonyl (C=O) groups excluding carboxylic acids is 2. The van der Waals surface area contributed by atoms with Crippen LogP contribution in [0.2, 0.25) is 0 Å². The Kier molecular flexibility index (Phi) is 4.16. The lowest BCUT2D eigenvalue weighted by Crippen LogP contribution is -2.26. The smallest absolute Gasteiger partial charge is 0.303 e. The molecular formula is C13H14F2O3. The molecule has 1 aromatic carbocycles. The fourth-order valence-electron chi connectivity index (χ4n) is 1.44. The summed E-state index contributed by atoms with van der Waals surface area (Å²) in [5.74, 6) is -5.27. The quantitative estimate of drug-likeness (QED) is 0.601. The van der Waals surface area contributed by atoms with Gasteiger partial charge in [0.1, 0.15) is 5.75 Å². The molecule has 0 aliphatic carbocycles. The van der Waals surface area contributed by atoms with Crippen molar-refractivity contribution < 1.29 is 23.1 Å². The summed E-state index contributed by atoms with van der Waals surface area (Å²) < 4.78 is 30.4. The van der Waals surface area contributed by atoms with Gasteiger partial charge in [0.2, 0.25) is 5.78 Å². The van der Waals surface area contributed by atoms with Gasteiger partial charge in [0.15, 0.2) is 5.78 Å². The molecule has 0 radical (unpaired) electrons. The number of Topliss-reactive ketones (excluding diaryl/α,β-unsaturated/α-hetero) is 2. The lowest BCUT2D eigenvalue weighted by molar-refractivity contribution is -0.139. The molecular weight excluding hydrogens is 242 g/mol. The highest BCUT2D eigenvalue weighted by Gasteiger charge is 2.33. The van der Waals surface area contributed by atoms with Gasteiger partial charge < -0.3 is 4.74 Å². The van der Waals surface area contributed by atoms with E-state index in [1.165, 1.54) is 13.2 Å². The van der Waals surface area contributed by atoms with Gasteiger partial charge in [-0.15, -0.1) is 0 Å². The Labute approximate surface area is 104 Å². The Morgan fingerprint density at radius 1 is 1.33 bits per heavy atom. The van der Waals surface area contributed by atoms with Crippen molar-refractivity contribution in [2.45, 2.75) is 26.2 Å². The Balaban J connectivity index is 2.98. The topological polar surface area (TPSA) is 43.4 Å². The Morgan fingerprint density at radius 2 is 1.94 bits per heavy atom. The van der Waals surface area contributed by atoms with E-state index in [1.54, 1.807) is 19.1 Å². The normalized spacial score (nSPS) is 11.2. The van der Waals surface area contributed by atoms with Crippen LogP contribution < -0.4 is 4.74 Å². The van der Waals surface area contributed by atoms with Crippen molar-refractivity contribution in [2.75, 3.05) is 7.11 Å². The summed E-state index contributed by atoms with van der Waals surface area (Å²) in [4.78, 5) is 22.9. The fourth-order valence-corrected chi connectivity index (χ4v) is 1.44. The lowest BCUT2D eigenvalue weighted by Gasteiger charge is -2.10. The monoisotopic (exact) mass is 256 g/mol. The van der Waals surface area contributed by atoms with E-state index in [0.717, 1.165) is 5.56 Å². The third-order valence-corrected chi connectivity index (χ3v) is 2.47. The van der Waals surface area contributed by atoms with Crippen LogP contribution in [0.3, 0.4) is 0 Å². The van der Waals surface area contributed by atoms with E-state index in [2.05, 4.69) is 0 Å². The second kappa shape index (κ2) is 5.25. The van der Waals surface area contributed by atoms with Gasteiger partial charge in [-0.3, -0.25) is 9.59 Å². The molecule has 0 aliphatic rings. The van der Waals surface area contributed by atoms with Crippen LogP contribution in [-0.2, 0) is 4.79 Å². The maximum absolute atomic E-state index is 12.7. The van der Waals surface area contributed by atoms with Crippen molar-refractivity contribution in [1.29, 1.82) is 0 Å². The molecule has 0 aromatic heterocycles. The van der Waals surface area contributed by atoms with Crippen molar-refractivity contribution in [1.82, 2.24) is 0 Å². The first-order chi connectivity index (χ1) is 8.25. The first-order valence-corrected chi connectivity index (χ1v) is 5.34. The van der Waals surface area contributed by atoms with Gasteiger partial charge >= 0.3 is 5.92 Å². The highest BCUT2D eigenvalue weighted by Crippen LogP contribution is 2.23. The molecule has 18 heavy (non-hydrogen) atoms. The molecule has 5 heteroatoms. The number of ketones is 2. The van der Waals surface area contributed by atoms with E-state index in [-0.39, 0.29) is 11.3 Å². The zero-order chi connectivity index (χ0) is 13.9. The van der Waals surface area contributed by atoms with Gasteiger partial charge in [-0.1, -0.05) is 11.6 Å². The van der Waals surface area contributed by atoms with Crippen LogP contribution >= 0.6 is 0 Å². The van der Waals surface area contributed by atoms with Crippen LogP contribution in [-0.4, -0.2) is 24.6 Å². The molecule has 0 saturated carbocycles. The number of hydrogen-bond donors (Lipinski definition) is 0. The van der Waals surface area contributed by atoms with E-state index in [9.17, 15) is 18.4 Å². The fraction of sp³-hybridized carbons (Fsp3) is 0.385. The predicted molar refractivity (Wildman–Crippen MR) is 62.3 cm³/mol. The van der Waals surface area contributed by atoms with Gasteiger partial charge in [-0.2, -0.15) is 8.78 Å². The zero-order valence-electron chi connectivity index (χ0n) is 10.4. The molecule has 0 fully saturated rings. The number of benzene rings is 1. The number of halogens is 2. The molecule has 1 aromatic rings. The van der Waals surface area contributed by atoms with Crippen LogP contribution in [0.1, 0.15) is 29.3 Å². The zero-order valence-corrected chi connectivity index (χ0v) is 10.4. The van der Waals surface area contributed by atoms with Crippen molar-refractivity contribution in [3.05, 3.63) is 29.3 Å². The molecule has 0 amide bonds. The summed E-state index contributed by atoms with van der Waals surface area (Å²) in [7, 11) is 1.37. The minimum Gasteiger partial charge on any atom is -0.496 e. The van der Waals surface area contributed by atoms with Gasteiger partial charge in [0.25, 0.3) is 0 Å². The molecule has 0 aliphatic heterocycles. The predicted octanol–water partition coefficient (Wildman–Crippen LogP) is 2.80. The Bertz CT molecular complexity index is 476. The molecule has 0 heterocycles. The Morgan fingerprint density at radius 3 is 2.44 bits per heavy atom. The van der Waals surface area contributed by atoms with Crippen LogP contribution in [0, 0.1) is 6.92 Å². The first-order valence-electron chi connectivity index (χ1n) is 5.34. The number of methoxy groups -OCH3 is 1. The van der Waals surface area contributed by atoms with E-state index < -0.39 is 23.9 Å². The van der Waals surface area contributed by atoms with E-state index in [0.29, 0.717) is 6.92 Å². The average Bonchev–Trinajstić information content (AvgIpc) is 2.27. The molecule has 0 spiro atoms. The van der Waals surface area contributed by atoms with E-state index >= 15 is 0 Å². The average molecular weight is 256 g/mol. The summed E-state index contributed by atoms with van der Waals surface area (Å²) >= 11 is 0. The molecule has 0 saturated heterocycles. The van der Waals surface area contributed by atoms with Crippen LogP contribution in [0.25, 0.3) is 0 Å². The maximum Gasteiger partial charge on any atom is 0.303 e. The maximum atomic E-state index is 12.7. The first kappa shape index (κ1) is 14.3. The van der Waals surface area contributed by atoms with Gasteiger partial charge in [-0.05, 0) is 19.1 Å². The summed E-state index contributed by atoms with van der Waals surface area (Å²) in [5, 5.41) is 0. The molecule has 0 bridgehead atoms. The third-order valence-electron chi connectivity index (χ3n) is 2.47. The van der Waals surface area contributed by atoms with Crippen molar-refractivity contribution in [2.24, 2.45) is 0 Å². The molecule has 0 N–H and O–H groups in total. The number of carbonyl (C=O) groups is 2. The highest BCUT2D eigenvalue weighted by molar-refractivity contribution is 6.11. The minimum absolute atomic E-state index is 0.148. The second-order valence-corrected chi connectivity index (χ2v) is 4.12. The molecule has 1 rings (SSSR count). The Hall–Kier alpha value is -1.78. The summed E-state index contributed by atoms with van der Waals surface area (Å²) in [6.45, 7) is 2.24. The van der Waals surface area contributed by atoms with Crippen LogP contribution in [0.15, 0.2) is 18.2 Å². The summed E-state index contributed by atoms with van der Waals surface area (Å²) in [6.07, 6.45) is -0.830. The summed E-state index contributed by atoms with van der Waals surface area (Å²) in [6, 6.07) is 4.81. The van der Waals surface area contributed by atoms with Crippen LogP contribution in [0.5, 0.6) is 5.75 Å². The second-order valence-electron chi connectivity index (χ2n) is 4.12. The van der Waals surface area contributed by atoms with Crippen molar-refractivity contribution in [3.8, 4) is 5.75 Å². The van der Waals surface area contributed by atoms with Gasteiger partial charge in [0.05, 0.1) is 19.1 Å². The van der Waals surface area contributed by atoms with Crippen LogP contribution in [0.4, 0.5) is 8.78 Å². The molecule has 0 unspecified atom stereocenters. The van der Waals surface area contributed by atoms with E-state index in [1.807, 2.05) is 0 Å². The van der Waals surface area contributed by atoms with Gasteiger partial charge in [0, 0.05) is 6.92 Å². The number of aryl methyl sites for hydroxylation is 1. The number of alkyl halides is 2. The number of ether oxygens (including phenoxy) is 1. The van der Waals surface area contributed by atoms with Crippen molar-refractivity contribution >= 4 is 11.6 Å². The molecule has 98 valence electrons. The molecule has 3 nitrogen and oxygen atoms in total. The van der Waals surface area contributed by atoms with Gasteiger partial charge in [-0.25, -0.2) is 0 Å². The van der Waals surface area contributed by atoms with Crippen molar-refractivity contribution in [3.63, 3.8) is 0 Å². The molecule has 0 atom stereocenters. The number of rotatable bonds is 5. The van der Waals surface area contributed by atoms with E-state index in [4.69, 9.17) is 4.74 Å². The third kappa shape index (κ3) is 3.35. The lowest BCUT2D eigenvalue weighted by atomic mass is 10.0. The summed E-state index contributed by atoms with van der Waals surface area (Å²) in [5.41, 5.74) is 0.935. The SMILES string of the molecule is COc1ccc(C)cc1C(=O)CC(=O)C(C)(F)F. The minimum atomic E-state index is -3.49.